The van der Waals surface area contributed by atoms with Crippen LogP contribution >= 0.6 is 7.82 Å². The molecule has 0 spiro atoms. The summed E-state index contributed by atoms with van der Waals surface area (Å²) in [6, 6.07) is 29.7. The molecule has 1 aliphatic heterocycles. The zero-order valence-corrected chi connectivity index (χ0v) is 22.7. The van der Waals surface area contributed by atoms with Gasteiger partial charge in [-0.3, -0.25) is 23.8 Å². The molecule has 0 radical (unpaired) electrons. The van der Waals surface area contributed by atoms with Crippen molar-refractivity contribution in [2.24, 2.45) is 0 Å². The number of aryl methyl sites for hydroxylation is 1. The fourth-order valence-corrected chi connectivity index (χ4v) is 5.76. The smallest absolute Gasteiger partial charge is 0.350 e. The van der Waals surface area contributed by atoms with Gasteiger partial charge in [0, 0.05) is 24.8 Å². The lowest BCUT2D eigenvalue weighted by atomic mass is 9.75. The van der Waals surface area contributed by atoms with E-state index < -0.39 is 43.5 Å². The molecular formula is C29H30N3O7P. The summed E-state index contributed by atoms with van der Waals surface area (Å²) in [5.41, 5.74) is 1.15. The third kappa shape index (κ3) is 5.64. The van der Waals surface area contributed by atoms with Crippen LogP contribution in [0.4, 0.5) is 0 Å². The number of hydrogen-bond acceptors (Lipinski definition) is 6. The van der Waals surface area contributed by atoms with Crippen LogP contribution in [0.25, 0.3) is 0 Å². The summed E-state index contributed by atoms with van der Waals surface area (Å²) >= 11 is 0. The molecule has 10 nitrogen and oxygen atoms in total. The number of nitrogens with zero attached hydrogens (tertiary/aromatic N) is 2. The number of benzene rings is 3. The molecular weight excluding hydrogens is 533 g/mol. The molecule has 0 bridgehead atoms. The maximum Gasteiger partial charge on any atom is 0.469 e. The Morgan fingerprint density at radius 3 is 1.88 bits per heavy atom. The lowest BCUT2D eigenvalue weighted by molar-refractivity contribution is -0.149. The van der Waals surface area contributed by atoms with Crippen molar-refractivity contribution >= 4 is 7.82 Å². The summed E-state index contributed by atoms with van der Waals surface area (Å²) in [6.45, 7) is 1.59. The number of rotatable bonds is 8. The Hall–Kier alpha value is -3.63. The first-order valence-electron chi connectivity index (χ1n) is 12.8. The second-order valence-corrected chi connectivity index (χ2v) is 10.9. The normalized spacial score (nSPS) is 18.5. The Morgan fingerprint density at radius 1 is 0.900 bits per heavy atom. The molecule has 1 aliphatic rings. The maximum atomic E-state index is 12.9. The highest BCUT2D eigenvalue weighted by Crippen LogP contribution is 2.45. The van der Waals surface area contributed by atoms with Gasteiger partial charge in [-0.05, 0) is 23.6 Å². The van der Waals surface area contributed by atoms with Gasteiger partial charge in [-0.2, -0.15) is 0 Å². The minimum atomic E-state index is -4.80. The van der Waals surface area contributed by atoms with Gasteiger partial charge in [0.25, 0.3) is 5.56 Å². The average Bonchev–Trinajstić information content (AvgIpc) is 2.96. The van der Waals surface area contributed by atoms with E-state index in [1.165, 1.54) is 10.8 Å². The van der Waals surface area contributed by atoms with Gasteiger partial charge in [-0.1, -0.05) is 91.0 Å². The molecule has 1 aromatic heterocycles. The summed E-state index contributed by atoms with van der Waals surface area (Å²) in [5.74, 6) is 0. The molecule has 3 aromatic carbocycles. The van der Waals surface area contributed by atoms with Crippen LogP contribution in [-0.4, -0.2) is 50.0 Å². The number of phosphoric acid groups is 1. The van der Waals surface area contributed by atoms with Crippen molar-refractivity contribution in [2.75, 3.05) is 19.7 Å². The van der Waals surface area contributed by atoms with E-state index >= 15 is 0 Å². The van der Waals surface area contributed by atoms with Crippen molar-refractivity contribution in [3.63, 3.8) is 0 Å². The van der Waals surface area contributed by atoms with E-state index in [0.717, 1.165) is 16.7 Å². The summed E-state index contributed by atoms with van der Waals surface area (Å²) in [6.07, 6.45) is -0.301. The second kappa shape index (κ2) is 11.5. The van der Waals surface area contributed by atoms with Crippen LogP contribution in [0.15, 0.2) is 107 Å². The molecule has 208 valence electrons. The number of phosphoric ester groups is 1. The predicted molar refractivity (Wildman–Crippen MR) is 149 cm³/mol. The minimum Gasteiger partial charge on any atom is -0.350 e. The van der Waals surface area contributed by atoms with Gasteiger partial charge in [0.2, 0.25) is 0 Å². The lowest BCUT2D eigenvalue weighted by Crippen LogP contribution is -2.58. The van der Waals surface area contributed by atoms with Crippen LogP contribution in [0.5, 0.6) is 0 Å². The first-order chi connectivity index (χ1) is 19.2. The van der Waals surface area contributed by atoms with Crippen molar-refractivity contribution in [1.82, 2.24) is 14.5 Å². The fourth-order valence-electron chi connectivity index (χ4n) is 5.40. The third-order valence-corrected chi connectivity index (χ3v) is 7.57. The number of ether oxygens (including phenoxy) is 1. The number of aromatic amines is 1. The van der Waals surface area contributed by atoms with Gasteiger partial charge in [-0.25, -0.2) is 9.36 Å². The zero-order valence-electron chi connectivity index (χ0n) is 21.8. The van der Waals surface area contributed by atoms with Crippen LogP contribution in [0.3, 0.4) is 0 Å². The van der Waals surface area contributed by atoms with Crippen molar-refractivity contribution in [3.8, 4) is 0 Å². The molecule has 40 heavy (non-hydrogen) atoms. The van der Waals surface area contributed by atoms with Crippen molar-refractivity contribution < 1.29 is 23.6 Å². The largest absolute Gasteiger partial charge is 0.469 e. The van der Waals surface area contributed by atoms with Crippen LogP contribution in [0.1, 0.15) is 28.5 Å². The summed E-state index contributed by atoms with van der Waals surface area (Å²) in [5, 5.41) is 0. The van der Waals surface area contributed by atoms with Crippen LogP contribution in [0.2, 0.25) is 0 Å². The van der Waals surface area contributed by atoms with Gasteiger partial charge >= 0.3 is 13.5 Å². The van der Waals surface area contributed by atoms with E-state index in [1.807, 2.05) is 91.0 Å². The zero-order chi connectivity index (χ0) is 28.3. The third-order valence-electron chi connectivity index (χ3n) is 7.08. The average molecular weight is 564 g/mol. The Morgan fingerprint density at radius 2 is 1.40 bits per heavy atom. The summed E-state index contributed by atoms with van der Waals surface area (Å²) in [4.78, 5) is 48.4. The van der Waals surface area contributed by atoms with Gasteiger partial charge in [0.05, 0.1) is 18.2 Å². The van der Waals surface area contributed by atoms with E-state index in [4.69, 9.17) is 9.26 Å². The van der Waals surface area contributed by atoms with Crippen molar-refractivity contribution in [3.05, 3.63) is 140 Å². The highest BCUT2D eigenvalue weighted by molar-refractivity contribution is 7.46. The van der Waals surface area contributed by atoms with E-state index in [2.05, 4.69) is 9.88 Å². The van der Waals surface area contributed by atoms with Crippen molar-refractivity contribution in [2.45, 2.75) is 24.8 Å². The standard InChI is InChI=1S/C29H30N3O7P/c1-21-17-32(28(34)30-27(21)33)26-19-31(18-25(39-26)20-38-40(35,36)37)29(22-11-5-2-6-12-22,23-13-7-3-8-14-23)24-15-9-4-10-16-24/h2-17,25-26H,18-20H2,1H3,(H,30,33,34)(H2,35,36,37)/t25-,26+/m0/s1. The van der Waals surface area contributed by atoms with Gasteiger partial charge in [0.15, 0.2) is 6.23 Å². The second-order valence-electron chi connectivity index (χ2n) is 9.69. The van der Waals surface area contributed by atoms with E-state index in [0.29, 0.717) is 5.56 Å². The predicted octanol–water partition coefficient (Wildman–Crippen LogP) is 3.15. The molecule has 3 N–H and O–H groups in total. The monoisotopic (exact) mass is 563 g/mol. The maximum absolute atomic E-state index is 12.9. The lowest BCUT2D eigenvalue weighted by Gasteiger charge is -2.50. The minimum absolute atomic E-state index is 0.205. The van der Waals surface area contributed by atoms with E-state index in [9.17, 15) is 23.9 Å². The number of aromatic nitrogens is 2. The molecule has 1 fully saturated rings. The quantitative estimate of drug-likeness (QED) is 0.220. The van der Waals surface area contributed by atoms with Gasteiger partial charge in [-0.15, -0.1) is 0 Å². The Labute approximate surface area is 230 Å². The number of nitrogens with one attached hydrogen (secondary N) is 1. The fraction of sp³-hybridized carbons (Fsp3) is 0.241. The highest BCUT2D eigenvalue weighted by Gasteiger charge is 2.46. The molecule has 2 atom stereocenters. The van der Waals surface area contributed by atoms with Crippen LogP contribution < -0.4 is 11.2 Å². The van der Waals surface area contributed by atoms with E-state index in [-0.39, 0.29) is 13.1 Å². The molecule has 0 unspecified atom stereocenters. The summed E-state index contributed by atoms with van der Waals surface area (Å²) in [7, 11) is -4.80. The molecule has 0 aliphatic carbocycles. The molecule has 5 rings (SSSR count). The topological polar surface area (TPSA) is 134 Å². The molecule has 2 heterocycles. The first-order valence-corrected chi connectivity index (χ1v) is 14.3. The van der Waals surface area contributed by atoms with Crippen molar-refractivity contribution in [1.29, 1.82) is 0 Å². The van der Waals surface area contributed by atoms with Gasteiger partial charge in [0.1, 0.15) is 0 Å². The Balaban J connectivity index is 1.72. The Kier molecular flexibility index (Phi) is 8.00. The number of H-pyrrole nitrogens is 1. The van der Waals surface area contributed by atoms with Crippen LogP contribution in [-0.2, 0) is 19.4 Å². The highest BCUT2D eigenvalue weighted by atomic mass is 31.2. The summed E-state index contributed by atoms with van der Waals surface area (Å²) < 4.78 is 24.0. The number of hydrogen-bond donors (Lipinski definition) is 3. The number of morpholine rings is 1. The SMILES string of the molecule is Cc1cn([C@H]2CN(C(c3ccccc3)(c3ccccc3)c3ccccc3)C[C@@H](COP(=O)(O)O)O2)c(=O)[nH]c1=O. The molecule has 4 aromatic rings. The van der Waals surface area contributed by atoms with Crippen LogP contribution in [0, 0.1) is 6.92 Å². The molecule has 0 saturated carbocycles. The molecule has 0 amide bonds. The Bertz CT molecular complexity index is 1510. The van der Waals surface area contributed by atoms with Gasteiger partial charge < -0.3 is 14.5 Å². The first kappa shape index (κ1) is 27.9. The molecule has 1 saturated heterocycles. The van der Waals surface area contributed by atoms with E-state index in [1.54, 1.807) is 6.92 Å². The molecule has 11 heteroatoms.